The van der Waals surface area contributed by atoms with Crippen LogP contribution in [0.2, 0.25) is 0 Å². The van der Waals surface area contributed by atoms with Gasteiger partial charge in [0, 0.05) is 31.6 Å². The number of aromatic nitrogens is 4. The Morgan fingerprint density at radius 2 is 2.12 bits per heavy atom. The van der Waals surface area contributed by atoms with Crippen LogP contribution in [0.25, 0.3) is 16.9 Å². The van der Waals surface area contributed by atoms with Crippen molar-refractivity contribution in [2.75, 3.05) is 25.6 Å². The molecule has 0 bridgehead atoms. The van der Waals surface area contributed by atoms with Gasteiger partial charge < -0.3 is 10.1 Å². The first-order valence-electron chi connectivity index (χ1n) is 8.23. The van der Waals surface area contributed by atoms with E-state index in [0.29, 0.717) is 19.0 Å². The molecule has 0 atom stereocenters. The Morgan fingerprint density at radius 3 is 2.84 bits per heavy atom. The van der Waals surface area contributed by atoms with Crippen molar-refractivity contribution in [2.45, 2.75) is 20.3 Å². The summed E-state index contributed by atoms with van der Waals surface area (Å²) in [7, 11) is 1.66. The van der Waals surface area contributed by atoms with Gasteiger partial charge in [-0.2, -0.15) is 5.10 Å². The Kier molecular flexibility index (Phi) is 6.93. The summed E-state index contributed by atoms with van der Waals surface area (Å²) in [4.78, 5) is 8.84. The number of pyridine rings is 1. The molecule has 0 fully saturated rings. The lowest BCUT2D eigenvalue weighted by Gasteiger charge is -2.05. The zero-order chi connectivity index (χ0) is 18.1. The second kappa shape index (κ2) is 9.40. The standard InChI is InChI=1S/C16H15N5O.C3H8/c1-3-12-5-8-21-14(10-12)13(11-19-21)16-18-6-4-15(20-16)17-7-9-22-2;1-3-2/h1,4-6,8,10-11H,7,9H2,2H3,(H,17,18,20);3H2,1-2H3. The summed E-state index contributed by atoms with van der Waals surface area (Å²) in [6, 6.07) is 5.56. The minimum atomic E-state index is 0.603. The maximum atomic E-state index is 5.46. The van der Waals surface area contributed by atoms with Gasteiger partial charge in [-0.3, -0.25) is 0 Å². The summed E-state index contributed by atoms with van der Waals surface area (Å²) in [5.74, 6) is 3.97. The Morgan fingerprint density at radius 1 is 1.32 bits per heavy atom. The lowest BCUT2D eigenvalue weighted by molar-refractivity contribution is 0.210. The van der Waals surface area contributed by atoms with Crippen molar-refractivity contribution < 1.29 is 4.74 Å². The maximum absolute atomic E-state index is 5.46. The highest BCUT2D eigenvalue weighted by Gasteiger charge is 2.10. The number of ether oxygens (including phenoxy) is 1. The van der Waals surface area contributed by atoms with Crippen LogP contribution in [0.1, 0.15) is 25.8 Å². The first kappa shape index (κ1) is 18.4. The van der Waals surface area contributed by atoms with E-state index in [1.54, 1.807) is 24.0 Å². The first-order chi connectivity index (χ1) is 12.2. The molecular formula is C19H23N5O. The Labute approximate surface area is 148 Å². The average Bonchev–Trinajstić information content (AvgIpc) is 3.06. The third kappa shape index (κ3) is 4.78. The van der Waals surface area contributed by atoms with Gasteiger partial charge in [-0.25, -0.2) is 14.5 Å². The van der Waals surface area contributed by atoms with E-state index in [1.807, 2.05) is 24.4 Å². The number of anilines is 1. The van der Waals surface area contributed by atoms with E-state index in [9.17, 15) is 0 Å². The molecule has 6 heteroatoms. The Hall–Kier alpha value is -2.91. The van der Waals surface area contributed by atoms with Crippen LogP contribution in [-0.2, 0) is 4.74 Å². The van der Waals surface area contributed by atoms with Gasteiger partial charge in [-0.1, -0.05) is 26.2 Å². The first-order valence-corrected chi connectivity index (χ1v) is 8.23. The van der Waals surface area contributed by atoms with Gasteiger partial charge >= 0.3 is 0 Å². The third-order valence-electron chi connectivity index (χ3n) is 3.20. The quantitative estimate of drug-likeness (QED) is 0.572. The lowest BCUT2D eigenvalue weighted by atomic mass is 10.2. The van der Waals surface area contributed by atoms with Gasteiger partial charge in [0.15, 0.2) is 5.82 Å². The molecule has 0 aliphatic rings. The largest absolute Gasteiger partial charge is 0.383 e. The molecule has 3 heterocycles. The fraction of sp³-hybridized carbons (Fsp3) is 0.316. The summed E-state index contributed by atoms with van der Waals surface area (Å²) in [5, 5.41) is 7.49. The summed E-state index contributed by atoms with van der Waals surface area (Å²) in [5.41, 5.74) is 2.51. The van der Waals surface area contributed by atoms with Crippen molar-refractivity contribution in [1.29, 1.82) is 0 Å². The average molecular weight is 337 g/mol. The fourth-order valence-corrected chi connectivity index (χ4v) is 2.11. The second-order valence-electron chi connectivity index (χ2n) is 5.34. The molecule has 0 radical (unpaired) electrons. The molecule has 0 spiro atoms. The number of hydrogen-bond acceptors (Lipinski definition) is 5. The fourth-order valence-electron chi connectivity index (χ4n) is 2.11. The molecule has 130 valence electrons. The second-order valence-corrected chi connectivity index (χ2v) is 5.34. The minimum Gasteiger partial charge on any atom is -0.383 e. The van der Waals surface area contributed by atoms with Crippen molar-refractivity contribution in [3.8, 4) is 23.7 Å². The van der Waals surface area contributed by atoms with Gasteiger partial charge in [0.25, 0.3) is 0 Å². The van der Waals surface area contributed by atoms with E-state index in [-0.39, 0.29) is 0 Å². The maximum Gasteiger partial charge on any atom is 0.165 e. The molecule has 0 aliphatic carbocycles. The molecule has 1 N–H and O–H groups in total. The van der Waals surface area contributed by atoms with Gasteiger partial charge in [0.1, 0.15) is 5.82 Å². The molecule has 0 unspecified atom stereocenters. The van der Waals surface area contributed by atoms with Crippen molar-refractivity contribution in [1.82, 2.24) is 19.6 Å². The zero-order valence-corrected chi connectivity index (χ0v) is 14.9. The van der Waals surface area contributed by atoms with Gasteiger partial charge in [0.05, 0.1) is 23.9 Å². The van der Waals surface area contributed by atoms with Crippen molar-refractivity contribution in [3.05, 3.63) is 42.4 Å². The highest BCUT2D eigenvalue weighted by atomic mass is 16.5. The number of rotatable bonds is 5. The predicted molar refractivity (Wildman–Crippen MR) is 100 cm³/mol. The summed E-state index contributed by atoms with van der Waals surface area (Å²) in [6.07, 6.45) is 12.0. The topological polar surface area (TPSA) is 64.3 Å². The highest BCUT2D eigenvalue weighted by Crippen LogP contribution is 2.22. The van der Waals surface area contributed by atoms with Crippen LogP contribution in [0.3, 0.4) is 0 Å². The highest BCUT2D eigenvalue weighted by molar-refractivity contribution is 5.77. The predicted octanol–water partition coefficient (Wildman–Crippen LogP) is 3.25. The Balaban J connectivity index is 0.000000701. The van der Waals surface area contributed by atoms with Crippen LogP contribution in [0.4, 0.5) is 5.82 Å². The molecule has 3 aromatic heterocycles. The molecule has 0 saturated heterocycles. The zero-order valence-electron chi connectivity index (χ0n) is 14.9. The van der Waals surface area contributed by atoms with E-state index in [1.165, 1.54) is 6.42 Å². The smallest absolute Gasteiger partial charge is 0.165 e. The van der Waals surface area contributed by atoms with E-state index in [4.69, 9.17) is 11.2 Å². The van der Waals surface area contributed by atoms with Gasteiger partial charge in [0.2, 0.25) is 0 Å². The molecule has 3 rings (SSSR count). The molecule has 0 amide bonds. The number of terminal acetylenes is 1. The number of hydrogen-bond donors (Lipinski definition) is 1. The normalized spacial score (nSPS) is 10.0. The van der Waals surface area contributed by atoms with E-state index >= 15 is 0 Å². The van der Waals surface area contributed by atoms with Gasteiger partial charge in [-0.05, 0) is 18.2 Å². The van der Waals surface area contributed by atoms with Crippen molar-refractivity contribution in [3.63, 3.8) is 0 Å². The molecular weight excluding hydrogens is 314 g/mol. The van der Waals surface area contributed by atoms with Crippen LogP contribution in [0, 0.1) is 12.3 Å². The number of nitrogens with one attached hydrogen (secondary N) is 1. The van der Waals surface area contributed by atoms with Crippen LogP contribution in [0.5, 0.6) is 0 Å². The molecule has 0 aliphatic heterocycles. The van der Waals surface area contributed by atoms with E-state index in [2.05, 4.69) is 40.2 Å². The third-order valence-corrected chi connectivity index (χ3v) is 3.20. The lowest BCUT2D eigenvalue weighted by Crippen LogP contribution is -2.09. The molecule has 25 heavy (non-hydrogen) atoms. The SMILES string of the molecule is C#Cc1ccn2ncc(-c3nccc(NCCOC)n3)c2c1.CCC. The van der Waals surface area contributed by atoms with Crippen molar-refractivity contribution >= 4 is 11.3 Å². The monoisotopic (exact) mass is 337 g/mol. The van der Waals surface area contributed by atoms with Gasteiger partial charge in [-0.15, -0.1) is 6.42 Å². The molecule has 6 nitrogen and oxygen atoms in total. The Bertz CT molecular complexity index is 850. The molecule has 0 aromatic carbocycles. The molecule has 0 saturated carbocycles. The number of fused-ring (bicyclic) bond motifs is 1. The van der Waals surface area contributed by atoms with Crippen LogP contribution >= 0.6 is 0 Å². The molecule has 3 aromatic rings. The number of nitrogens with zero attached hydrogens (tertiary/aromatic N) is 4. The minimum absolute atomic E-state index is 0.603. The van der Waals surface area contributed by atoms with Crippen LogP contribution in [-0.4, -0.2) is 39.8 Å². The van der Waals surface area contributed by atoms with Crippen molar-refractivity contribution in [2.24, 2.45) is 0 Å². The van der Waals surface area contributed by atoms with E-state index in [0.717, 1.165) is 22.5 Å². The van der Waals surface area contributed by atoms with E-state index < -0.39 is 0 Å². The number of methoxy groups -OCH3 is 1. The summed E-state index contributed by atoms with van der Waals surface area (Å²) < 4.78 is 6.77. The summed E-state index contributed by atoms with van der Waals surface area (Å²) in [6.45, 7) is 5.55. The summed E-state index contributed by atoms with van der Waals surface area (Å²) >= 11 is 0. The van der Waals surface area contributed by atoms with Crippen LogP contribution < -0.4 is 5.32 Å². The van der Waals surface area contributed by atoms with Crippen LogP contribution in [0.15, 0.2) is 36.8 Å².